The number of carbonyl (C=O) groups is 2. The molecule has 0 spiro atoms. The predicted molar refractivity (Wildman–Crippen MR) is 124 cm³/mol. The van der Waals surface area contributed by atoms with Crippen LogP contribution in [0.2, 0.25) is 0 Å². The van der Waals surface area contributed by atoms with Gasteiger partial charge in [0.25, 0.3) is 5.69 Å². The smallest absolute Gasteiger partial charge is 0.269 e. The number of hydrogen-bond donors (Lipinski definition) is 1. The molecule has 0 saturated heterocycles. The van der Waals surface area contributed by atoms with Crippen LogP contribution in [0.1, 0.15) is 29.5 Å². The van der Waals surface area contributed by atoms with E-state index >= 15 is 0 Å². The van der Waals surface area contributed by atoms with Gasteiger partial charge < -0.3 is 5.32 Å². The highest BCUT2D eigenvalue weighted by Gasteiger charge is 2.17. The number of thioether (sulfide) groups is 1. The normalized spacial score (nSPS) is 10.7. The zero-order valence-corrected chi connectivity index (χ0v) is 19.6. The highest BCUT2D eigenvalue weighted by atomic mass is 79.9. The maximum absolute atomic E-state index is 12.6. The maximum Gasteiger partial charge on any atom is 0.269 e. The summed E-state index contributed by atoms with van der Waals surface area (Å²) in [5.74, 6) is 0.587. The third kappa shape index (κ3) is 6.24. The number of non-ortho nitro benzene ring substituents is 1. The lowest BCUT2D eigenvalue weighted by molar-refractivity contribution is -0.384. The molecule has 32 heavy (non-hydrogen) atoms. The lowest BCUT2D eigenvalue weighted by atomic mass is 10.1. The van der Waals surface area contributed by atoms with E-state index in [4.69, 9.17) is 0 Å². The average Bonchev–Trinajstić information content (AvgIpc) is 3.18. The van der Waals surface area contributed by atoms with Crippen LogP contribution in [-0.4, -0.2) is 43.7 Å². The summed E-state index contributed by atoms with van der Waals surface area (Å²) >= 11 is 4.68. The second-order valence-corrected chi connectivity index (χ2v) is 8.67. The fourth-order valence-corrected chi connectivity index (χ4v) is 4.03. The molecular weight excluding hydrogens is 498 g/mol. The summed E-state index contributed by atoms with van der Waals surface area (Å²) < 4.78 is 2.83. The number of nitro groups is 1. The number of aromatic nitrogens is 3. The summed E-state index contributed by atoms with van der Waals surface area (Å²) in [4.78, 5) is 33.9. The van der Waals surface area contributed by atoms with Crippen LogP contribution in [0.15, 0.2) is 58.2 Å². The first-order valence-corrected chi connectivity index (χ1v) is 11.5. The van der Waals surface area contributed by atoms with Crippen molar-refractivity contribution in [2.75, 3.05) is 12.3 Å². The molecule has 2 aromatic carbocycles. The molecule has 0 aliphatic heterocycles. The van der Waals surface area contributed by atoms with E-state index in [2.05, 4.69) is 31.4 Å². The van der Waals surface area contributed by atoms with Crippen molar-refractivity contribution >= 4 is 45.1 Å². The van der Waals surface area contributed by atoms with Gasteiger partial charge in [-0.1, -0.05) is 27.7 Å². The second-order valence-electron chi connectivity index (χ2n) is 6.81. The molecule has 3 aromatic rings. The van der Waals surface area contributed by atoms with Crippen LogP contribution in [0.25, 0.3) is 5.69 Å². The van der Waals surface area contributed by atoms with Crippen molar-refractivity contribution in [3.63, 3.8) is 0 Å². The average molecular weight is 518 g/mol. The van der Waals surface area contributed by atoms with E-state index in [-0.39, 0.29) is 23.1 Å². The number of ketones is 1. The molecule has 0 atom stereocenters. The number of carbonyl (C=O) groups excluding carboxylic acids is 2. The SMILES string of the molecule is CC(=O)NCCCc1nnc(SCC(=O)c2ccc([N+](=O)[O-])cc2)n1-c1ccc(Br)cc1. The number of Topliss-reactive ketones (excluding diaryl/α,β-unsaturated/α-hetero) is 1. The number of amides is 1. The lowest BCUT2D eigenvalue weighted by Gasteiger charge is -2.10. The molecule has 0 aliphatic carbocycles. The summed E-state index contributed by atoms with van der Waals surface area (Å²) in [6.45, 7) is 2.00. The molecular formula is C21H20BrN5O4S. The number of nitrogens with one attached hydrogen (secondary N) is 1. The minimum absolute atomic E-state index is 0.0620. The van der Waals surface area contributed by atoms with Crippen LogP contribution in [0.3, 0.4) is 0 Å². The summed E-state index contributed by atoms with van der Waals surface area (Å²) in [7, 11) is 0. The van der Waals surface area contributed by atoms with Crippen LogP contribution >= 0.6 is 27.7 Å². The topological polar surface area (TPSA) is 120 Å². The number of halogens is 1. The van der Waals surface area contributed by atoms with Crippen LogP contribution in [0.4, 0.5) is 5.69 Å². The minimum atomic E-state index is -0.503. The summed E-state index contributed by atoms with van der Waals surface area (Å²) in [6, 6.07) is 13.2. The first-order valence-electron chi connectivity index (χ1n) is 9.70. The lowest BCUT2D eigenvalue weighted by Crippen LogP contribution is -2.21. The Morgan fingerprint density at radius 3 is 2.44 bits per heavy atom. The molecule has 1 amide bonds. The first-order chi connectivity index (χ1) is 15.3. The van der Waals surface area contributed by atoms with Gasteiger partial charge in [0, 0.05) is 47.7 Å². The zero-order valence-electron chi connectivity index (χ0n) is 17.2. The van der Waals surface area contributed by atoms with E-state index in [9.17, 15) is 19.7 Å². The van der Waals surface area contributed by atoms with Gasteiger partial charge in [0.05, 0.1) is 10.7 Å². The quantitative estimate of drug-likeness (QED) is 0.142. The van der Waals surface area contributed by atoms with Crippen LogP contribution in [0, 0.1) is 10.1 Å². The number of nitro benzene ring substituents is 1. The van der Waals surface area contributed by atoms with Gasteiger partial charge in [0.15, 0.2) is 10.9 Å². The Morgan fingerprint density at radius 2 is 1.81 bits per heavy atom. The molecule has 11 heteroatoms. The van der Waals surface area contributed by atoms with Crippen LogP contribution in [0.5, 0.6) is 0 Å². The molecule has 0 saturated carbocycles. The molecule has 166 valence electrons. The highest BCUT2D eigenvalue weighted by Crippen LogP contribution is 2.25. The molecule has 9 nitrogen and oxygen atoms in total. The predicted octanol–water partition coefficient (Wildman–Crippen LogP) is 3.98. The minimum Gasteiger partial charge on any atom is -0.356 e. The summed E-state index contributed by atoms with van der Waals surface area (Å²) in [5.41, 5.74) is 1.19. The number of benzene rings is 2. The maximum atomic E-state index is 12.6. The van der Waals surface area contributed by atoms with Crippen molar-refractivity contribution in [2.24, 2.45) is 0 Å². The van der Waals surface area contributed by atoms with E-state index in [0.717, 1.165) is 16.0 Å². The zero-order chi connectivity index (χ0) is 23.1. The standard InChI is InChI=1S/C21H20BrN5O4S/c1-14(28)23-12-2-3-20-24-25-21(26(20)17-10-6-16(22)7-11-17)32-13-19(29)15-4-8-18(9-5-15)27(30)31/h4-11H,2-3,12-13H2,1H3,(H,23,28). The van der Waals surface area contributed by atoms with Gasteiger partial charge in [-0.3, -0.25) is 24.3 Å². The fraction of sp³-hybridized carbons (Fsp3) is 0.238. The van der Waals surface area contributed by atoms with Crippen molar-refractivity contribution in [1.82, 2.24) is 20.1 Å². The Balaban J connectivity index is 1.76. The highest BCUT2D eigenvalue weighted by molar-refractivity contribution is 9.10. The van der Waals surface area contributed by atoms with Crippen LogP contribution < -0.4 is 5.32 Å². The van der Waals surface area contributed by atoms with Gasteiger partial charge in [-0.2, -0.15) is 0 Å². The molecule has 1 N–H and O–H groups in total. The largest absolute Gasteiger partial charge is 0.356 e. The molecule has 3 rings (SSSR count). The summed E-state index contributed by atoms with van der Waals surface area (Å²) in [5, 5.41) is 22.7. The third-order valence-electron chi connectivity index (χ3n) is 4.47. The van der Waals surface area contributed by atoms with Gasteiger partial charge in [0.1, 0.15) is 5.82 Å². The van der Waals surface area contributed by atoms with Gasteiger partial charge in [-0.15, -0.1) is 10.2 Å². The number of rotatable bonds is 10. The molecule has 0 aliphatic rings. The molecule has 1 heterocycles. The Hall–Kier alpha value is -3.05. The molecule has 1 aromatic heterocycles. The molecule has 0 unspecified atom stereocenters. The molecule has 0 radical (unpaired) electrons. The van der Waals surface area contributed by atoms with E-state index in [1.54, 1.807) is 0 Å². The van der Waals surface area contributed by atoms with Crippen LogP contribution in [-0.2, 0) is 11.2 Å². The van der Waals surface area contributed by atoms with Crippen molar-refractivity contribution in [3.8, 4) is 5.69 Å². The van der Waals surface area contributed by atoms with Crippen molar-refractivity contribution in [1.29, 1.82) is 0 Å². The summed E-state index contributed by atoms with van der Waals surface area (Å²) in [6.07, 6.45) is 1.29. The Kier molecular flexibility index (Phi) is 8.12. The fourth-order valence-electron chi connectivity index (χ4n) is 2.90. The number of nitrogens with zero attached hydrogens (tertiary/aromatic N) is 4. The monoisotopic (exact) mass is 517 g/mol. The third-order valence-corrected chi connectivity index (χ3v) is 5.93. The molecule has 0 fully saturated rings. The van der Waals surface area contributed by atoms with Crippen molar-refractivity contribution in [3.05, 3.63) is 74.5 Å². The van der Waals surface area contributed by atoms with E-state index in [0.29, 0.717) is 30.1 Å². The Labute approximate surface area is 196 Å². The van der Waals surface area contributed by atoms with Gasteiger partial charge in [-0.05, 0) is 42.8 Å². The van der Waals surface area contributed by atoms with E-state index in [1.165, 1.54) is 43.0 Å². The van der Waals surface area contributed by atoms with Crippen molar-refractivity contribution in [2.45, 2.75) is 24.9 Å². The van der Waals surface area contributed by atoms with E-state index in [1.807, 2.05) is 28.8 Å². The van der Waals surface area contributed by atoms with Gasteiger partial charge in [-0.25, -0.2) is 0 Å². The number of hydrogen-bond acceptors (Lipinski definition) is 7. The Bertz CT molecular complexity index is 1120. The first kappa shape index (κ1) is 23.6. The van der Waals surface area contributed by atoms with Crippen molar-refractivity contribution < 1.29 is 14.5 Å². The van der Waals surface area contributed by atoms with E-state index < -0.39 is 4.92 Å². The number of aryl methyl sites for hydroxylation is 1. The molecule has 0 bridgehead atoms. The Morgan fingerprint density at radius 1 is 1.12 bits per heavy atom. The van der Waals surface area contributed by atoms with Gasteiger partial charge >= 0.3 is 0 Å². The second kappa shape index (κ2) is 11.0. The van der Waals surface area contributed by atoms with Gasteiger partial charge in [0.2, 0.25) is 5.91 Å².